The molecule has 4 aromatic rings. The van der Waals surface area contributed by atoms with Crippen molar-refractivity contribution in [2.45, 2.75) is 20.0 Å². The van der Waals surface area contributed by atoms with Crippen molar-refractivity contribution in [3.8, 4) is 10.8 Å². The number of ether oxygens (including phenoxy) is 1. The first-order valence-electron chi connectivity index (χ1n) is 8.40. The molecule has 1 N–H and O–H groups in total. The van der Waals surface area contributed by atoms with E-state index in [9.17, 15) is 9.59 Å². The van der Waals surface area contributed by atoms with Crippen LogP contribution < -0.4 is 5.32 Å². The molecule has 0 aliphatic carbocycles. The lowest BCUT2D eigenvalue weighted by Crippen LogP contribution is -2.30. The van der Waals surface area contributed by atoms with Crippen LogP contribution in [-0.2, 0) is 9.53 Å². The van der Waals surface area contributed by atoms with Crippen molar-refractivity contribution in [1.29, 1.82) is 0 Å². The summed E-state index contributed by atoms with van der Waals surface area (Å²) in [4.78, 5) is 28.9. The summed E-state index contributed by atoms with van der Waals surface area (Å²) in [6, 6.07) is 12.4. The molecule has 9 heteroatoms. The molecule has 0 unspecified atom stereocenters. The van der Waals surface area contributed by atoms with Gasteiger partial charge < -0.3 is 19.0 Å². The minimum absolute atomic E-state index is 0.00816. The molecular formula is C19H15N3O5S. The van der Waals surface area contributed by atoms with Crippen molar-refractivity contribution < 1.29 is 23.3 Å². The van der Waals surface area contributed by atoms with Gasteiger partial charge in [0.1, 0.15) is 5.76 Å². The minimum Gasteiger partial charge on any atom is -0.447 e. The molecule has 8 nitrogen and oxygen atoms in total. The van der Waals surface area contributed by atoms with Gasteiger partial charge in [-0.3, -0.25) is 4.79 Å². The van der Waals surface area contributed by atoms with Crippen LogP contribution in [0.4, 0.5) is 5.82 Å². The molecule has 3 heterocycles. The molecule has 0 saturated heterocycles. The summed E-state index contributed by atoms with van der Waals surface area (Å²) in [7, 11) is 0. The normalized spacial score (nSPS) is 12.1. The first-order chi connectivity index (χ1) is 13.5. The maximum Gasteiger partial charge on any atom is 0.375 e. The quantitative estimate of drug-likeness (QED) is 0.506. The Morgan fingerprint density at radius 2 is 2.04 bits per heavy atom. The van der Waals surface area contributed by atoms with Crippen molar-refractivity contribution in [1.82, 2.24) is 10.1 Å². The second kappa shape index (κ2) is 7.28. The number of esters is 1. The maximum absolute atomic E-state index is 12.3. The van der Waals surface area contributed by atoms with Gasteiger partial charge in [0.15, 0.2) is 22.7 Å². The predicted octanol–water partition coefficient (Wildman–Crippen LogP) is 4.04. The molecule has 0 spiro atoms. The highest BCUT2D eigenvalue weighted by molar-refractivity contribution is 7.21. The van der Waals surface area contributed by atoms with Crippen molar-refractivity contribution >= 4 is 39.2 Å². The molecule has 1 atom stereocenters. The number of furan rings is 1. The monoisotopic (exact) mass is 397 g/mol. The van der Waals surface area contributed by atoms with Gasteiger partial charge in [-0.15, -0.1) is 11.3 Å². The first kappa shape index (κ1) is 17.9. The van der Waals surface area contributed by atoms with Gasteiger partial charge in [0.25, 0.3) is 5.91 Å². The number of aromatic nitrogens is 2. The number of hydrogen-bond acceptors (Lipinski definition) is 8. The molecule has 0 bridgehead atoms. The van der Waals surface area contributed by atoms with Gasteiger partial charge in [-0.1, -0.05) is 17.3 Å². The van der Waals surface area contributed by atoms with Crippen LogP contribution >= 0.6 is 11.3 Å². The Morgan fingerprint density at radius 3 is 2.79 bits per heavy atom. The van der Waals surface area contributed by atoms with E-state index in [0.29, 0.717) is 16.5 Å². The molecule has 0 radical (unpaired) electrons. The Labute approximate surface area is 163 Å². The molecule has 0 aliphatic heterocycles. The van der Waals surface area contributed by atoms with E-state index in [-0.39, 0.29) is 11.6 Å². The second-order valence-electron chi connectivity index (χ2n) is 6.01. The lowest BCUT2D eigenvalue weighted by Gasteiger charge is -2.10. The van der Waals surface area contributed by atoms with Gasteiger partial charge in [-0.2, -0.15) is 0 Å². The van der Waals surface area contributed by atoms with Gasteiger partial charge >= 0.3 is 5.97 Å². The standard InChI is InChI=1S/C19H15N3O5S/c1-10-9-16(22-27-10)21-17(23)11(2)25-19(24)14-8-7-13(26-14)18-20-12-5-3-4-6-15(12)28-18/h3-9,11H,1-2H3,(H,21,22,23)/t11-/m0/s1. The number of amides is 1. The van der Waals surface area contributed by atoms with Crippen molar-refractivity contribution in [2.24, 2.45) is 0 Å². The zero-order valence-corrected chi connectivity index (χ0v) is 15.8. The van der Waals surface area contributed by atoms with E-state index in [0.717, 1.165) is 10.2 Å². The fourth-order valence-corrected chi connectivity index (χ4v) is 3.39. The molecular weight excluding hydrogens is 382 g/mol. The van der Waals surface area contributed by atoms with Crippen LogP contribution in [0.3, 0.4) is 0 Å². The Bertz CT molecular complexity index is 1130. The number of hydrogen-bond donors (Lipinski definition) is 1. The van der Waals surface area contributed by atoms with Gasteiger partial charge in [0.05, 0.1) is 10.2 Å². The van der Waals surface area contributed by atoms with Crippen LogP contribution in [0.2, 0.25) is 0 Å². The van der Waals surface area contributed by atoms with E-state index in [1.807, 2.05) is 24.3 Å². The molecule has 1 aromatic carbocycles. The Morgan fingerprint density at radius 1 is 1.21 bits per heavy atom. The SMILES string of the molecule is Cc1cc(NC(=O)[C@H](C)OC(=O)c2ccc(-c3nc4ccccc4s3)o2)no1. The maximum atomic E-state index is 12.3. The third kappa shape index (κ3) is 3.65. The molecule has 1 amide bonds. The fraction of sp³-hybridized carbons (Fsp3) is 0.158. The molecule has 0 saturated carbocycles. The number of aryl methyl sites for hydroxylation is 1. The van der Waals surface area contributed by atoms with E-state index >= 15 is 0 Å². The average molecular weight is 397 g/mol. The number of carbonyl (C=O) groups excluding carboxylic acids is 2. The zero-order chi connectivity index (χ0) is 19.7. The largest absolute Gasteiger partial charge is 0.447 e. The number of carbonyl (C=O) groups is 2. The van der Waals surface area contributed by atoms with Crippen LogP contribution in [0.25, 0.3) is 21.0 Å². The number of nitrogens with zero attached hydrogens (tertiary/aromatic N) is 2. The minimum atomic E-state index is -1.04. The number of anilines is 1. The average Bonchev–Trinajstić information content (AvgIpc) is 3.40. The number of fused-ring (bicyclic) bond motifs is 1. The lowest BCUT2D eigenvalue weighted by atomic mass is 10.3. The lowest BCUT2D eigenvalue weighted by molar-refractivity contribution is -0.123. The molecule has 4 rings (SSSR count). The highest BCUT2D eigenvalue weighted by Gasteiger charge is 2.23. The van der Waals surface area contributed by atoms with Crippen LogP contribution in [0, 0.1) is 6.92 Å². The number of benzene rings is 1. The van der Waals surface area contributed by atoms with Crippen LogP contribution in [0.1, 0.15) is 23.2 Å². The highest BCUT2D eigenvalue weighted by atomic mass is 32.1. The number of nitrogens with one attached hydrogen (secondary N) is 1. The van der Waals surface area contributed by atoms with Crippen LogP contribution in [-0.4, -0.2) is 28.1 Å². The highest BCUT2D eigenvalue weighted by Crippen LogP contribution is 2.31. The van der Waals surface area contributed by atoms with Crippen LogP contribution in [0.15, 0.2) is 51.4 Å². The summed E-state index contributed by atoms with van der Waals surface area (Å²) in [5.41, 5.74) is 0.858. The molecule has 0 fully saturated rings. The number of rotatable bonds is 5. The number of para-hydroxylation sites is 1. The third-order valence-electron chi connectivity index (χ3n) is 3.84. The van der Waals surface area contributed by atoms with E-state index in [2.05, 4.69) is 15.5 Å². The van der Waals surface area contributed by atoms with E-state index in [1.54, 1.807) is 19.1 Å². The van der Waals surface area contributed by atoms with Gasteiger partial charge in [0, 0.05) is 6.07 Å². The topological polar surface area (TPSA) is 107 Å². The van der Waals surface area contributed by atoms with Crippen molar-refractivity contribution in [3.63, 3.8) is 0 Å². The Hall–Kier alpha value is -3.46. The summed E-state index contributed by atoms with van der Waals surface area (Å²) in [5.74, 6) is -0.0140. The van der Waals surface area contributed by atoms with Crippen LogP contribution in [0.5, 0.6) is 0 Å². The predicted molar refractivity (Wildman–Crippen MR) is 102 cm³/mol. The smallest absolute Gasteiger partial charge is 0.375 e. The summed E-state index contributed by atoms with van der Waals surface area (Å²) in [6.45, 7) is 3.16. The zero-order valence-electron chi connectivity index (χ0n) is 15.0. The van der Waals surface area contributed by atoms with Crippen molar-refractivity contribution in [2.75, 3.05) is 5.32 Å². The first-order valence-corrected chi connectivity index (χ1v) is 9.22. The van der Waals surface area contributed by atoms with Gasteiger partial charge in [-0.25, -0.2) is 9.78 Å². The molecule has 0 aliphatic rings. The van der Waals surface area contributed by atoms with E-state index in [1.165, 1.54) is 24.3 Å². The summed E-state index contributed by atoms with van der Waals surface area (Å²) >= 11 is 1.46. The summed E-state index contributed by atoms with van der Waals surface area (Å²) in [6.07, 6.45) is -1.04. The molecule has 28 heavy (non-hydrogen) atoms. The summed E-state index contributed by atoms with van der Waals surface area (Å²) < 4.78 is 16.6. The van der Waals surface area contributed by atoms with E-state index in [4.69, 9.17) is 13.7 Å². The molecule has 3 aromatic heterocycles. The van der Waals surface area contributed by atoms with Gasteiger partial charge in [-0.05, 0) is 38.1 Å². The number of thiazole rings is 1. The van der Waals surface area contributed by atoms with Crippen molar-refractivity contribution in [3.05, 3.63) is 54.0 Å². The van der Waals surface area contributed by atoms with E-state index < -0.39 is 18.0 Å². The summed E-state index contributed by atoms with van der Waals surface area (Å²) in [5, 5.41) is 6.82. The second-order valence-corrected chi connectivity index (χ2v) is 7.04. The van der Waals surface area contributed by atoms with Gasteiger partial charge in [0.2, 0.25) is 5.76 Å². The fourth-order valence-electron chi connectivity index (χ4n) is 2.47. The molecule has 142 valence electrons. The Balaban J connectivity index is 1.43. The third-order valence-corrected chi connectivity index (χ3v) is 4.90. The Kier molecular flexibility index (Phi) is 4.66.